The van der Waals surface area contributed by atoms with E-state index in [0.29, 0.717) is 16.4 Å². The predicted molar refractivity (Wildman–Crippen MR) is 96.2 cm³/mol. The summed E-state index contributed by atoms with van der Waals surface area (Å²) in [5, 5.41) is 3.00. The number of alkyl halides is 2. The molecular formula is C17H14F2N4O3S. The van der Waals surface area contributed by atoms with Crippen molar-refractivity contribution in [3.63, 3.8) is 0 Å². The topological polar surface area (TPSA) is 110 Å². The summed E-state index contributed by atoms with van der Waals surface area (Å²) >= 11 is 1.26. The van der Waals surface area contributed by atoms with Crippen LogP contribution in [0.3, 0.4) is 0 Å². The van der Waals surface area contributed by atoms with Crippen molar-refractivity contribution in [3.05, 3.63) is 52.7 Å². The molecule has 2 amide bonds. The Hall–Kier alpha value is -3.27. The van der Waals surface area contributed by atoms with Crippen molar-refractivity contribution in [2.45, 2.75) is 13.5 Å². The van der Waals surface area contributed by atoms with E-state index in [1.807, 2.05) is 6.92 Å². The minimum Gasteiger partial charge on any atom is -0.435 e. The van der Waals surface area contributed by atoms with Gasteiger partial charge in [0.05, 0.1) is 11.3 Å². The molecule has 3 aromatic rings. The average Bonchev–Trinajstić information content (AvgIpc) is 3.22. The Kier molecular flexibility index (Phi) is 5.17. The normalized spacial score (nSPS) is 10.8. The second-order valence-electron chi connectivity index (χ2n) is 5.45. The van der Waals surface area contributed by atoms with Gasteiger partial charge in [-0.1, -0.05) is 0 Å². The predicted octanol–water partition coefficient (Wildman–Crippen LogP) is 3.40. The fourth-order valence-electron chi connectivity index (χ4n) is 2.34. The molecule has 0 spiro atoms. The number of carbonyl (C=O) groups is 2. The number of nitrogens with one attached hydrogen (secondary N) is 2. The number of benzene rings is 1. The number of nitrogens with zero attached hydrogens (tertiary/aromatic N) is 1. The molecule has 0 saturated carbocycles. The van der Waals surface area contributed by atoms with Gasteiger partial charge in [-0.05, 0) is 37.3 Å². The molecule has 10 heteroatoms. The van der Waals surface area contributed by atoms with Crippen molar-refractivity contribution in [3.8, 4) is 17.0 Å². The van der Waals surface area contributed by atoms with Crippen LogP contribution in [0.15, 0.2) is 36.5 Å². The number of hydrogen-bond acceptors (Lipinski definition) is 5. The highest BCUT2D eigenvalue weighted by atomic mass is 32.1. The van der Waals surface area contributed by atoms with Crippen LogP contribution in [-0.2, 0) is 0 Å². The van der Waals surface area contributed by atoms with Gasteiger partial charge in [-0.25, -0.2) is 4.98 Å². The minimum absolute atomic E-state index is 0.0483. The Morgan fingerprint density at radius 3 is 2.59 bits per heavy atom. The lowest BCUT2D eigenvalue weighted by molar-refractivity contribution is -0.0498. The van der Waals surface area contributed by atoms with Crippen LogP contribution in [0.2, 0.25) is 0 Å². The zero-order valence-electron chi connectivity index (χ0n) is 14.0. The van der Waals surface area contributed by atoms with Crippen LogP contribution in [0.25, 0.3) is 11.3 Å². The number of hydrogen-bond donors (Lipinski definition) is 3. The summed E-state index contributed by atoms with van der Waals surface area (Å²) in [7, 11) is 0. The minimum atomic E-state index is -2.89. The van der Waals surface area contributed by atoms with Crippen molar-refractivity contribution >= 4 is 28.3 Å². The van der Waals surface area contributed by atoms with E-state index < -0.39 is 18.4 Å². The fourth-order valence-corrected chi connectivity index (χ4v) is 3.17. The molecule has 2 aromatic heterocycles. The zero-order chi connectivity index (χ0) is 19.6. The highest BCUT2D eigenvalue weighted by molar-refractivity contribution is 7.16. The third kappa shape index (κ3) is 4.29. The largest absolute Gasteiger partial charge is 0.435 e. The number of nitrogens with two attached hydrogens (primary N) is 1. The van der Waals surface area contributed by atoms with Crippen molar-refractivity contribution in [2.75, 3.05) is 5.32 Å². The monoisotopic (exact) mass is 392 g/mol. The van der Waals surface area contributed by atoms with E-state index in [9.17, 15) is 18.4 Å². The van der Waals surface area contributed by atoms with Gasteiger partial charge in [0.2, 0.25) is 5.91 Å². The summed E-state index contributed by atoms with van der Waals surface area (Å²) in [6, 6.07) is 7.40. The lowest BCUT2D eigenvalue weighted by Crippen LogP contribution is -2.12. The Bertz CT molecular complexity index is 982. The van der Waals surface area contributed by atoms with E-state index in [4.69, 9.17) is 5.73 Å². The standard InChI is InChI=1S/C17H14F2N4O3S/c1-8-13(9-2-4-11(5-3-9)26-16(18)19)22-17(27-8)23-15(25)12-6-10(7-21-12)14(20)24/h2-7,16,21H,1H3,(H2,20,24)(H,22,23,25). The van der Waals surface area contributed by atoms with Crippen molar-refractivity contribution in [1.29, 1.82) is 0 Å². The van der Waals surface area contributed by atoms with E-state index in [0.717, 1.165) is 4.88 Å². The van der Waals surface area contributed by atoms with Crippen LogP contribution in [0.1, 0.15) is 25.7 Å². The Morgan fingerprint density at radius 2 is 2.00 bits per heavy atom. The number of rotatable bonds is 6. The Balaban J connectivity index is 1.75. The number of halogens is 2. The number of aromatic nitrogens is 2. The molecule has 3 rings (SSSR count). The quantitative estimate of drug-likeness (QED) is 0.597. The molecule has 7 nitrogen and oxygen atoms in total. The van der Waals surface area contributed by atoms with Gasteiger partial charge in [-0.15, -0.1) is 11.3 Å². The highest BCUT2D eigenvalue weighted by Gasteiger charge is 2.16. The van der Waals surface area contributed by atoms with Crippen molar-refractivity contribution in [1.82, 2.24) is 9.97 Å². The average molecular weight is 392 g/mol. The number of primary amides is 1. The maximum atomic E-state index is 12.2. The first kappa shape index (κ1) is 18.5. The molecule has 27 heavy (non-hydrogen) atoms. The lowest BCUT2D eigenvalue weighted by Gasteiger charge is -2.05. The van der Waals surface area contributed by atoms with Gasteiger partial charge in [0.15, 0.2) is 5.13 Å². The highest BCUT2D eigenvalue weighted by Crippen LogP contribution is 2.31. The summed E-state index contributed by atoms with van der Waals surface area (Å²) < 4.78 is 28.8. The van der Waals surface area contributed by atoms with E-state index in [1.54, 1.807) is 12.1 Å². The van der Waals surface area contributed by atoms with Gasteiger partial charge >= 0.3 is 6.61 Å². The molecule has 0 aliphatic heterocycles. The molecule has 140 valence electrons. The number of anilines is 1. The van der Waals surface area contributed by atoms with Crippen LogP contribution < -0.4 is 15.8 Å². The van der Waals surface area contributed by atoms with Gasteiger partial charge in [0.1, 0.15) is 11.4 Å². The number of thiazole rings is 1. The molecule has 2 heterocycles. The first-order chi connectivity index (χ1) is 12.8. The molecule has 0 radical (unpaired) electrons. The van der Waals surface area contributed by atoms with Gasteiger partial charge in [0, 0.05) is 16.6 Å². The number of aryl methyl sites for hydroxylation is 1. The molecule has 0 unspecified atom stereocenters. The van der Waals surface area contributed by atoms with Gasteiger partial charge < -0.3 is 15.5 Å². The second kappa shape index (κ2) is 7.54. The number of H-pyrrole nitrogens is 1. The lowest BCUT2D eigenvalue weighted by atomic mass is 10.1. The zero-order valence-corrected chi connectivity index (χ0v) is 14.8. The Morgan fingerprint density at radius 1 is 1.30 bits per heavy atom. The van der Waals surface area contributed by atoms with Crippen LogP contribution >= 0.6 is 11.3 Å². The molecule has 0 atom stereocenters. The number of carbonyl (C=O) groups excluding carboxylic acids is 2. The summed E-state index contributed by atoms with van der Waals surface area (Å²) in [6.45, 7) is -1.06. The number of aromatic amines is 1. The van der Waals surface area contributed by atoms with E-state index in [-0.39, 0.29) is 17.0 Å². The summed E-state index contributed by atoms with van der Waals surface area (Å²) in [6.07, 6.45) is 1.35. The van der Waals surface area contributed by atoms with E-state index in [2.05, 4.69) is 20.0 Å². The smallest absolute Gasteiger partial charge is 0.387 e. The van der Waals surface area contributed by atoms with Crippen molar-refractivity contribution in [2.24, 2.45) is 5.73 Å². The first-order valence-electron chi connectivity index (χ1n) is 7.65. The Labute approximate surface area is 156 Å². The molecule has 0 bridgehead atoms. The van der Waals surface area contributed by atoms with Gasteiger partial charge in [-0.3, -0.25) is 14.9 Å². The molecule has 0 aliphatic rings. The summed E-state index contributed by atoms with van der Waals surface area (Å²) in [4.78, 5) is 31.2. The first-order valence-corrected chi connectivity index (χ1v) is 8.47. The van der Waals surface area contributed by atoms with Crippen LogP contribution in [-0.4, -0.2) is 28.4 Å². The second-order valence-corrected chi connectivity index (χ2v) is 6.65. The van der Waals surface area contributed by atoms with Gasteiger partial charge in [0.25, 0.3) is 5.91 Å². The third-order valence-electron chi connectivity index (χ3n) is 3.58. The molecule has 0 saturated heterocycles. The third-order valence-corrected chi connectivity index (χ3v) is 4.47. The van der Waals surface area contributed by atoms with Crippen LogP contribution in [0.4, 0.5) is 13.9 Å². The maximum Gasteiger partial charge on any atom is 0.387 e. The molecular weight excluding hydrogens is 378 g/mol. The molecule has 0 aliphatic carbocycles. The van der Waals surface area contributed by atoms with E-state index >= 15 is 0 Å². The number of amides is 2. The molecule has 0 fully saturated rings. The summed E-state index contributed by atoms with van der Waals surface area (Å²) in [5.41, 5.74) is 6.83. The number of ether oxygens (including phenoxy) is 1. The van der Waals surface area contributed by atoms with Crippen LogP contribution in [0, 0.1) is 6.92 Å². The summed E-state index contributed by atoms with van der Waals surface area (Å²) in [5.74, 6) is -1.06. The molecule has 1 aromatic carbocycles. The van der Waals surface area contributed by atoms with Crippen molar-refractivity contribution < 1.29 is 23.1 Å². The van der Waals surface area contributed by atoms with E-state index in [1.165, 1.54) is 35.7 Å². The maximum absolute atomic E-state index is 12.2. The van der Waals surface area contributed by atoms with Crippen LogP contribution in [0.5, 0.6) is 5.75 Å². The van der Waals surface area contributed by atoms with Gasteiger partial charge in [-0.2, -0.15) is 8.78 Å². The SMILES string of the molecule is Cc1sc(NC(=O)c2cc(C(N)=O)c[nH]2)nc1-c1ccc(OC(F)F)cc1. The molecule has 4 N–H and O–H groups in total. The fraction of sp³-hybridized carbons (Fsp3) is 0.118.